The summed E-state index contributed by atoms with van der Waals surface area (Å²) in [5.74, 6) is 0.350. The van der Waals surface area contributed by atoms with Gasteiger partial charge < -0.3 is 0 Å². The number of Topliss-reactive ketones (excluding diaryl/α,β-unsaturated/α-hetero) is 1. The van der Waals surface area contributed by atoms with Crippen LogP contribution in [0.2, 0.25) is 0 Å². The van der Waals surface area contributed by atoms with Crippen LogP contribution in [0.4, 0.5) is 4.39 Å². The molecule has 1 unspecified atom stereocenters. The van der Waals surface area contributed by atoms with Crippen molar-refractivity contribution in [1.82, 2.24) is 0 Å². The molecule has 0 spiro atoms. The molecule has 0 N–H and O–H groups in total. The van der Waals surface area contributed by atoms with Gasteiger partial charge in [-0.2, -0.15) is 0 Å². The second-order valence-corrected chi connectivity index (χ2v) is 5.43. The van der Waals surface area contributed by atoms with Gasteiger partial charge in [0.2, 0.25) is 0 Å². The first kappa shape index (κ1) is 13.7. The minimum atomic E-state index is -0.257. The van der Waals surface area contributed by atoms with E-state index in [0.29, 0.717) is 0 Å². The van der Waals surface area contributed by atoms with Crippen molar-refractivity contribution in [3.8, 4) is 0 Å². The van der Waals surface area contributed by atoms with Crippen molar-refractivity contribution in [1.29, 1.82) is 0 Å². The Kier molecular flexibility index (Phi) is 3.98. The molecule has 1 atom stereocenters. The average molecular weight is 258 g/mol. The summed E-state index contributed by atoms with van der Waals surface area (Å²) in [6.07, 6.45) is 4.84. The van der Waals surface area contributed by atoms with Crippen molar-refractivity contribution < 1.29 is 9.18 Å². The Morgan fingerprint density at radius 1 is 1.26 bits per heavy atom. The van der Waals surface area contributed by atoms with Crippen LogP contribution in [0.1, 0.15) is 32.8 Å². The lowest BCUT2D eigenvalue weighted by molar-refractivity contribution is -0.113. The van der Waals surface area contributed by atoms with Gasteiger partial charge in [0.1, 0.15) is 5.82 Å². The van der Waals surface area contributed by atoms with E-state index in [4.69, 9.17) is 0 Å². The van der Waals surface area contributed by atoms with Gasteiger partial charge >= 0.3 is 0 Å². The fraction of sp³-hybridized carbons (Fsp3) is 0.353. The second-order valence-electron chi connectivity index (χ2n) is 5.43. The van der Waals surface area contributed by atoms with Gasteiger partial charge in [0.25, 0.3) is 0 Å². The van der Waals surface area contributed by atoms with E-state index in [1.165, 1.54) is 12.1 Å². The molecule has 2 heteroatoms. The minimum absolute atomic E-state index is 0.137. The maximum absolute atomic E-state index is 12.9. The summed E-state index contributed by atoms with van der Waals surface area (Å²) in [4.78, 5) is 12.4. The van der Waals surface area contributed by atoms with Crippen molar-refractivity contribution in [2.24, 2.45) is 11.8 Å². The Labute approximate surface area is 113 Å². The van der Waals surface area contributed by atoms with Crippen LogP contribution in [0.3, 0.4) is 0 Å². The Bertz CT molecular complexity index is 535. The first-order valence-corrected chi connectivity index (χ1v) is 6.71. The zero-order valence-corrected chi connectivity index (χ0v) is 11.6. The van der Waals surface area contributed by atoms with Crippen molar-refractivity contribution >= 4 is 11.9 Å². The van der Waals surface area contributed by atoms with Gasteiger partial charge in [0.15, 0.2) is 5.78 Å². The van der Waals surface area contributed by atoms with E-state index in [1.54, 1.807) is 12.1 Å². The topological polar surface area (TPSA) is 17.1 Å². The molecule has 0 aromatic heterocycles. The number of ketones is 1. The predicted octanol–water partition coefficient (Wildman–Crippen LogP) is 4.40. The van der Waals surface area contributed by atoms with Gasteiger partial charge in [-0.1, -0.05) is 39.0 Å². The molecule has 0 radical (unpaired) electrons. The van der Waals surface area contributed by atoms with Gasteiger partial charge in [-0.15, -0.1) is 0 Å². The molecule has 0 aliphatic heterocycles. The molecule has 2 rings (SSSR count). The van der Waals surface area contributed by atoms with E-state index in [0.717, 1.165) is 23.1 Å². The molecule has 0 saturated heterocycles. The highest BCUT2D eigenvalue weighted by molar-refractivity contribution is 6.12. The maximum Gasteiger partial charge on any atom is 0.185 e. The van der Waals surface area contributed by atoms with Crippen LogP contribution >= 0.6 is 0 Å². The van der Waals surface area contributed by atoms with E-state index in [-0.39, 0.29) is 23.4 Å². The number of carbonyl (C=O) groups is 1. The molecule has 0 fully saturated rings. The van der Waals surface area contributed by atoms with Crippen molar-refractivity contribution in [2.45, 2.75) is 27.2 Å². The van der Waals surface area contributed by atoms with E-state index in [9.17, 15) is 9.18 Å². The van der Waals surface area contributed by atoms with Gasteiger partial charge in [0, 0.05) is 5.57 Å². The number of rotatable bonds is 2. The third-order valence-electron chi connectivity index (χ3n) is 3.56. The molecule has 0 heterocycles. The van der Waals surface area contributed by atoms with Crippen LogP contribution in [0.15, 0.2) is 41.5 Å². The van der Waals surface area contributed by atoms with Gasteiger partial charge in [-0.3, -0.25) is 4.79 Å². The number of halogens is 1. The smallest absolute Gasteiger partial charge is 0.185 e. The van der Waals surface area contributed by atoms with Crippen LogP contribution < -0.4 is 0 Å². The van der Waals surface area contributed by atoms with E-state index in [1.807, 2.05) is 19.9 Å². The number of allylic oxidation sites excluding steroid dienone is 3. The summed E-state index contributed by atoms with van der Waals surface area (Å²) in [5, 5.41) is 0. The first-order chi connectivity index (χ1) is 8.99. The third-order valence-corrected chi connectivity index (χ3v) is 3.56. The third kappa shape index (κ3) is 3.01. The quantitative estimate of drug-likeness (QED) is 0.718. The zero-order chi connectivity index (χ0) is 14.0. The summed E-state index contributed by atoms with van der Waals surface area (Å²) in [7, 11) is 0. The number of benzene rings is 1. The standard InChI is InChI=1S/C17H19FO/c1-11(2)15-9-4-12(3)16(17(15)19)10-13-5-7-14(18)8-6-13/h5-12H,4H2,1-3H3. The van der Waals surface area contributed by atoms with Gasteiger partial charge in [-0.05, 0) is 47.6 Å². The van der Waals surface area contributed by atoms with Crippen LogP contribution in [0.5, 0.6) is 0 Å². The van der Waals surface area contributed by atoms with Crippen LogP contribution in [-0.4, -0.2) is 5.78 Å². The van der Waals surface area contributed by atoms with Crippen LogP contribution in [-0.2, 0) is 4.79 Å². The molecule has 0 saturated carbocycles. The molecular weight excluding hydrogens is 239 g/mol. The summed E-state index contributed by atoms with van der Waals surface area (Å²) in [5.41, 5.74) is 2.60. The molecule has 19 heavy (non-hydrogen) atoms. The molecular formula is C17H19FO. The first-order valence-electron chi connectivity index (χ1n) is 6.71. The average Bonchev–Trinajstić information content (AvgIpc) is 2.36. The molecule has 1 aliphatic rings. The monoisotopic (exact) mass is 258 g/mol. The molecule has 1 nitrogen and oxygen atoms in total. The van der Waals surface area contributed by atoms with Crippen LogP contribution in [0, 0.1) is 17.7 Å². The second kappa shape index (κ2) is 5.52. The number of hydrogen-bond acceptors (Lipinski definition) is 1. The fourth-order valence-corrected chi connectivity index (χ4v) is 2.36. The lowest BCUT2D eigenvalue weighted by atomic mass is 9.80. The van der Waals surface area contributed by atoms with Crippen molar-refractivity contribution in [3.63, 3.8) is 0 Å². The fourth-order valence-electron chi connectivity index (χ4n) is 2.36. The zero-order valence-electron chi connectivity index (χ0n) is 11.6. The molecule has 0 amide bonds. The summed E-state index contributed by atoms with van der Waals surface area (Å²) >= 11 is 0. The Balaban J connectivity index is 2.35. The number of carbonyl (C=O) groups excluding carboxylic acids is 1. The summed E-state index contributed by atoms with van der Waals surface area (Å²) < 4.78 is 12.9. The van der Waals surface area contributed by atoms with E-state index in [2.05, 4.69) is 13.0 Å². The molecule has 1 aliphatic carbocycles. The maximum atomic E-state index is 12.9. The highest BCUT2D eigenvalue weighted by Gasteiger charge is 2.26. The van der Waals surface area contributed by atoms with E-state index < -0.39 is 0 Å². The van der Waals surface area contributed by atoms with Gasteiger partial charge in [-0.25, -0.2) is 4.39 Å². The lowest BCUT2D eigenvalue weighted by Gasteiger charge is -2.23. The summed E-state index contributed by atoms with van der Waals surface area (Å²) in [6, 6.07) is 6.25. The Hall–Kier alpha value is -1.70. The largest absolute Gasteiger partial charge is 0.289 e. The molecule has 0 bridgehead atoms. The highest BCUT2D eigenvalue weighted by atomic mass is 19.1. The van der Waals surface area contributed by atoms with E-state index >= 15 is 0 Å². The molecule has 100 valence electrons. The van der Waals surface area contributed by atoms with Gasteiger partial charge in [0.05, 0.1) is 0 Å². The summed E-state index contributed by atoms with van der Waals surface area (Å²) in [6.45, 7) is 6.13. The predicted molar refractivity (Wildman–Crippen MR) is 76.1 cm³/mol. The van der Waals surface area contributed by atoms with Crippen molar-refractivity contribution in [2.75, 3.05) is 0 Å². The number of hydrogen-bond donors (Lipinski definition) is 0. The highest BCUT2D eigenvalue weighted by Crippen LogP contribution is 2.30. The Morgan fingerprint density at radius 3 is 2.47 bits per heavy atom. The minimum Gasteiger partial charge on any atom is -0.289 e. The Morgan fingerprint density at radius 2 is 1.89 bits per heavy atom. The molecule has 1 aromatic rings. The normalized spacial score (nSPS) is 21.9. The lowest BCUT2D eigenvalue weighted by Crippen LogP contribution is -2.20. The van der Waals surface area contributed by atoms with Crippen LogP contribution in [0.25, 0.3) is 6.08 Å². The van der Waals surface area contributed by atoms with Crippen molar-refractivity contribution in [3.05, 3.63) is 52.9 Å². The SMILES string of the molecule is CC(C)C1=CCC(C)C(=Cc2ccc(F)cc2)C1=O. The molecule has 1 aromatic carbocycles.